The fourth-order valence-corrected chi connectivity index (χ4v) is 2.83. The van der Waals surface area contributed by atoms with Crippen LogP contribution in [-0.2, 0) is 4.79 Å². The summed E-state index contributed by atoms with van der Waals surface area (Å²) in [5.41, 5.74) is 8.48. The summed E-state index contributed by atoms with van der Waals surface area (Å²) in [5.74, 6) is -0.316. The van der Waals surface area contributed by atoms with Crippen LogP contribution in [0.25, 0.3) is 10.9 Å². The number of para-hydroxylation sites is 1. The van der Waals surface area contributed by atoms with Crippen LogP contribution in [0.4, 0.5) is 0 Å². The van der Waals surface area contributed by atoms with Gasteiger partial charge in [-0.05, 0) is 24.5 Å². The first-order valence-corrected chi connectivity index (χ1v) is 6.45. The van der Waals surface area contributed by atoms with Crippen molar-refractivity contribution in [3.63, 3.8) is 0 Å². The second kappa shape index (κ2) is 4.46. The highest BCUT2D eigenvalue weighted by molar-refractivity contribution is 5.92. The van der Waals surface area contributed by atoms with Gasteiger partial charge in [0.05, 0.1) is 6.04 Å². The number of H-pyrrole nitrogens is 1. The van der Waals surface area contributed by atoms with E-state index in [4.69, 9.17) is 5.73 Å². The molecule has 4 nitrogen and oxygen atoms in total. The molecule has 0 saturated carbocycles. The van der Waals surface area contributed by atoms with E-state index in [0.29, 0.717) is 11.6 Å². The number of rotatable bonds is 2. The zero-order chi connectivity index (χ0) is 13.4. The van der Waals surface area contributed by atoms with E-state index < -0.39 is 0 Å². The fraction of sp³-hybridized carbons (Fsp3) is 0.267. The lowest BCUT2D eigenvalue weighted by Crippen LogP contribution is -2.27. The van der Waals surface area contributed by atoms with Crippen molar-refractivity contribution in [1.29, 1.82) is 0 Å². The number of carbonyl (C=O) groups excluding carboxylic acids is 1. The van der Waals surface area contributed by atoms with Gasteiger partial charge in [-0.25, -0.2) is 0 Å². The van der Waals surface area contributed by atoms with Crippen LogP contribution in [0.15, 0.2) is 42.2 Å². The molecule has 0 fully saturated rings. The zero-order valence-electron chi connectivity index (χ0n) is 10.9. The Hall–Kier alpha value is -2.23. The van der Waals surface area contributed by atoms with Crippen LogP contribution in [0.1, 0.15) is 24.4 Å². The molecule has 0 bridgehead atoms. The third-order valence-corrected chi connectivity index (χ3v) is 3.83. The number of nitrogens with two attached hydrogens (primary N) is 1. The van der Waals surface area contributed by atoms with Crippen molar-refractivity contribution in [3.05, 3.63) is 47.8 Å². The Kier molecular flexibility index (Phi) is 2.78. The molecule has 0 radical (unpaired) electrons. The summed E-state index contributed by atoms with van der Waals surface area (Å²) in [7, 11) is 1.99. The Labute approximate surface area is 111 Å². The predicted molar refractivity (Wildman–Crippen MR) is 75.3 cm³/mol. The number of benzene rings is 1. The molecule has 3 N–H and O–H groups in total. The number of nitrogens with zero attached hydrogens (tertiary/aromatic N) is 1. The number of hydrogen-bond donors (Lipinski definition) is 2. The Morgan fingerprint density at radius 1 is 1.42 bits per heavy atom. The molecule has 2 heterocycles. The Morgan fingerprint density at radius 2 is 2.21 bits per heavy atom. The Bertz CT molecular complexity index is 656. The van der Waals surface area contributed by atoms with Crippen molar-refractivity contribution in [1.82, 2.24) is 9.88 Å². The molecule has 1 aliphatic heterocycles. The summed E-state index contributed by atoms with van der Waals surface area (Å²) in [5, 5.41) is 1.25. The van der Waals surface area contributed by atoms with Gasteiger partial charge in [0.15, 0.2) is 0 Å². The molecule has 0 spiro atoms. The van der Waals surface area contributed by atoms with Crippen molar-refractivity contribution < 1.29 is 4.79 Å². The van der Waals surface area contributed by atoms with Crippen LogP contribution in [0.3, 0.4) is 0 Å². The summed E-state index contributed by atoms with van der Waals surface area (Å²) in [6.07, 6.45) is 5.59. The van der Waals surface area contributed by atoms with Gasteiger partial charge in [0.1, 0.15) is 0 Å². The SMILES string of the molecule is CN1C=C(C(N)=O)CCC1c1c[nH]c2ccccc12. The second-order valence-corrected chi connectivity index (χ2v) is 5.03. The van der Waals surface area contributed by atoms with Crippen LogP contribution >= 0.6 is 0 Å². The molecule has 98 valence electrons. The molecule has 1 aromatic carbocycles. The summed E-state index contributed by atoms with van der Waals surface area (Å²) in [4.78, 5) is 16.6. The number of amides is 1. The minimum absolute atomic E-state index is 0.291. The van der Waals surface area contributed by atoms with E-state index in [1.807, 2.05) is 25.4 Å². The average Bonchev–Trinajstić information content (AvgIpc) is 2.82. The maximum Gasteiger partial charge on any atom is 0.246 e. The topological polar surface area (TPSA) is 62.1 Å². The highest BCUT2D eigenvalue weighted by Gasteiger charge is 2.24. The van der Waals surface area contributed by atoms with Gasteiger partial charge in [0.2, 0.25) is 5.91 Å². The van der Waals surface area contributed by atoms with Crippen LogP contribution in [0.2, 0.25) is 0 Å². The number of aromatic amines is 1. The fourth-order valence-electron chi connectivity index (χ4n) is 2.83. The van der Waals surface area contributed by atoms with Crippen molar-refractivity contribution >= 4 is 16.8 Å². The lowest BCUT2D eigenvalue weighted by molar-refractivity contribution is -0.114. The maximum atomic E-state index is 11.2. The van der Waals surface area contributed by atoms with Gasteiger partial charge in [-0.3, -0.25) is 4.79 Å². The van der Waals surface area contributed by atoms with Crippen molar-refractivity contribution in [3.8, 4) is 0 Å². The van der Waals surface area contributed by atoms with E-state index in [0.717, 1.165) is 18.4 Å². The summed E-state index contributed by atoms with van der Waals surface area (Å²) in [6, 6.07) is 8.57. The molecule has 0 aliphatic carbocycles. The third-order valence-electron chi connectivity index (χ3n) is 3.83. The van der Waals surface area contributed by atoms with E-state index >= 15 is 0 Å². The zero-order valence-corrected chi connectivity index (χ0v) is 10.9. The third kappa shape index (κ3) is 1.99. The second-order valence-electron chi connectivity index (χ2n) is 5.03. The number of carbonyl (C=O) groups is 1. The van der Waals surface area contributed by atoms with Crippen LogP contribution in [0.5, 0.6) is 0 Å². The number of fused-ring (bicyclic) bond motifs is 1. The van der Waals surface area contributed by atoms with E-state index in [1.54, 1.807) is 0 Å². The van der Waals surface area contributed by atoms with E-state index in [1.165, 1.54) is 10.9 Å². The van der Waals surface area contributed by atoms with Crippen LogP contribution in [0, 0.1) is 0 Å². The van der Waals surface area contributed by atoms with Gasteiger partial charge in [-0.1, -0.05) is 18.2 Å². The van der Waals surface area contributed by atoms with Crippen molar-refractivity contribution in [2.24, 2.45) is 5.73 Å². The molecular formula is C15H17N3O. The molecule has 1 aromatic heterocycles. The monoisotopic (exact) mass is 255 g/mol. The molecule has 3 rings (SSSR count). The predicted octanol–water partition coefficient (Wildman–Crippen LogP) is 2.30. The smallest absolute Gasteiger partial charge is 0.246 e. The molecule has 19 heavy (non-hydrogen) atoms. The quantitative estimate of drug-likeness (QED) is 0.865. The number of hydrogen-bond acceptors (Lipinski definition) is 2. The highest BCUT2D eigenvalue weighted by Crippen LogP contribution is 2.35. The minimum Gasteiger partial charge on any atom is -0.373 e. The van der Waals surface area contributed by atoms with Gasteiger partial charge in [0, 0.05) is 35.9 Å². The number of aromatic nitrogens is 1. The highest BCUT2D eigenvalue weighted by atomic mass is 16.1. The van der Waals surface area contributed by atoms with Crippen molar-refractivity contribution in [2.75, 3.05) is 7.05 Å². The molecule has 1 amide bonds. The maximum absolute atomic E-state index is 11.2. The van der Waals surface area contributed by atoms with Gasteiger partial charge in [-0.2, -0.15) is 0 Å². The molecule has 0 saturated heterocycles. The first-order valence-electron chi connectivity index (χ1n) is 6.45. The van der Waals surface area contributed by atoms with E-state index in [2.05, 4.69) is 28.2 Å². The minimum atomic E-state index is -0.316. The number of primary amides is 1. The average molecular weight is 255 g/mol. The normalized spacial score (nSPS) is 19.5. The van der Waals surface area contributed by atoms with Gasteiger partial charge in [0.25, 0.3) is 0 Å². The number of nitrogens with one attached hydrogen (secondary N) is 1. The van der Waals surface area contributed by atoms with E-state index in [-0.39, 0.29) is 5.91 Å². The van der Waals surface area contributed by atoms with Crippen LogP contribution in [-0.4, -0.2) is 22.8 Å². The Balaban J connectivity index is 1.98. The summed E-state index contributed by atoms with van der Waals surface area (Å²) in [6.45, 7) is 0. The van der Waals surface area contributed by atoms with Crippen molar-refractivity contribution in [2.45, 2.75) is 18.9 Å². The first-order chi connectivity index (χ1) is 9.16. The first kappa shape index (κ1) is 11.8. The molecule has 4 heteroatoms. The molecule has 1 atom stereocenters. The van der Waals surface area contributed by atoms with Crippen LogP contribution < -0.4 is 5.73 Å². The van der Waals surface area contributed by atoms with E-state index in [9.17, 15) is 4.79 Å². The lowest BCUT2D eigenvalue weighted by atomic mass is 9.94. The van der Waals surface area contributed by atoms with Gasteiger partial charge < -0.3 is 15.6 Å². The Morgan fingerprint density at radius 3 is 2.95 bits per heavy atom. The largest absolute Gasteiger partial charge is 0.373 e. The van der Waals surface area contributed by atoms with Gasteiger partial charge >= 0.3 is 0 Å². The summed E-state index contributed by atoms with van der Waals surface area (Å²) >= 11 is 0. The molecule has 1 aliphatic rings. The molecule has 1 unspecified atom stereocenters. The molecule has 2 aromatic rings. The summed E-state index contributed by atoms with van der Waals surface area (Å²) < 4.78 is 0. The van der Waals surface area contributed by atoms with Gasteiger partial charge in [-0.15, -0.1) is 0 Å². The lowest BCUT2D eigenvalue weighted by Gasteiger charge is -2.31. The molecular weight excluding hydrogens is 238 g/mol. The standard InChI is InChI=1S/C15H17N3O/c1-18-9-10(15(16)19)6-7-14(18)12-8-17-13-5-3-2-4-11(12)13/h2-5,8-9,14,17H,6-7H2,1H3,(H2,16,19).